The number of aromatic amines is 1. The zero-order valence-electron chi connectivity index (χ0n) is 8.87. The number of nitrogens with zero attached hydrogens (tertiary/aromatic N) is 1. The van der Waals surface area contributed by atoms with Crippen molar-refractivity contribution in [2.45, 2.75) is 19.3 Å². The molecule has 2 aromatic rings. The minimum absolute atomic E-state index is 0.231. The van der Waals surface area contributed by atoms with Crippen LogP contribution in [-0.2, 0) is 0 Å². The maximum absolute atomic E-state index is 13.6. The smallest absolute Gasteiger partial charge is 0.127 e. The fraction of sp³-hybridized carbons (Fsp3) is 0.250. The molecule has 0 amide bonds. The highest BCUT2D eigenvalue weighted by atomic mass is 19.1. The van der Waals surface area contributed by atoms with Crippen molar-refractivity contribution in [3.63, 3.8) is 0 Å². The van der Waals surface area contributed by atoms with E-state index in [-0.39, 0.29) is 5.92 Å². The number of hydrogen-bond acceptors (Lipinski definition) is 1. The van der Waals surface area contributed by atoms with Gasteiger partial charge in [-0.05, 0) is 24.6 Å². The number of aromatic nitrogens is 2. The van der Waals surface area contributed by atoms with Crippen LogP contribution in [0.5, 0.6) is 0 Å². The Labute approximate surface area is 92.3 Å². The molecule has 0 radical (unpaired) electrons. The van der Waals surface area contributed by atoms with Gasteiger partial charge in [-0.2, -0.15) is 0 Å². The molecule has 2 nitrogen and oxygen atoms in total. The Morgan fingerprint density at radius 2 is 2.19 bits per heavy atom. The molecule has 1 heterocycles. The van der Waals surface area contributed by atoms with Crippen molar-refractivity contribution in [3.8, 4) is 0 Å². The van der Waals surface area contributed by atoms with E-state index in [1.165, 1.54) is 6.07 Å². The first kappa shape index (κ1) is 10.8. The van der Waals surface area contributed by atoms with Gasteiger partial charge in [0.2, 0.25) is 0 Å². The maximum Gasteiger partial charge on any atom is 0.127 e. The van der Waals surface area contributed by atoms with Crippen LogP contribution in [0.15, 0.2) is 30.6 Å². The van der Waals surface area contributed by atoms with Crippen LogP contribution in [0.25, 0.3) is 0 Å². The van der Waals surface area contributed by atoms with Crippen molar-refractivity contribution < 1.29 is 8.78 Å². The van der Waals surface area contributed by atoms with Crippen molar-refractivity contribution in [3.05, 3.63) is 53.6 Å². The summed E-state index contributed by atoms with van der Waals surface area (Å²) in [5.74, 6) is -0.399. The Morgan fingerprint density at radius 3 is 2.81 bits per heavy atom. The van der Waals surface area contributed by atoms with Crippen LogP contribution < -0.4 is 0 Å². The predicted octanol–water partition coefficient (Wildman–Crippen LogP) is 3.23. The maximum atomic E-state index is 13.6. The quantitative estimate of drug-likeness (QED) is 0.848. The van der Waals surface area contributed by atoms with E-state index < -0.39 is 11.6 Å². The number of rotatable bonds is 3. The van der Waals surface area contributed by atoms with E-state index in [1.54, 1.807) is 12.4 Å². The monoisotopic (exact) mass is 222 g/mol. The third-order valence-corrected chi connectivity index (χ3v) is 2.59. The summed E-state index contributed by atoms with van der Waals surface area (Å²) < 4.78 is 26.7. The minimum atomic E-state index is -0.429. The lowest BCUT2D eigenvalue weighted by molar-refractivity contribution is 0.565. The molecule has 0 saturated heterocycles. The summed E-state index contributed by atoms with van der Waals surface area (Å²) in [6.07, 6.45) is 3.94. The zero-order chi connectivity index (χ0) is 11.5. The second-order valence-corrected chi connectivity index (χ2v) is 3.60. The topological polar surface area (TPSA) is 28.7 Å². The van der Waals surface area contributed by atoms with Gasteiger partial charge in [-0.25, -0.2) is 13.8 Å². The van der Waals surface area contributed by atoms with E-state index in [0.29, 0.717) is 17.8 Å². The van der Waals surface area contributed by atoms with E-state index in [1.807, 2.05) is 6.92 Å². The summed E-state index contributed by atoms with van der Waals surface area (Å²) in [7, 11) is 0. The number of nitrogens with one attached hydrogen (secondary N) is 1. The lowest BCUT2D eigenvalue weighted by Crippen LogP contribution is -2.05. The highest BCUT2D eigenvalue weighted by Crippen LogP contribution is 2.27. The molecule has 1 N–H and O–H groups in total. The molecule has 2 rings (SSSR count). The SMILES string of the molecule is CCC(c1ncc[nH]1)c1cc(F)ccc1F. The van der Waals surface area contributed by atoms with Crippen molar-refractivity contribution in [2.75, 3.05) is 0 Å². The molecule has 0 bridgehead atoms. The molecule has 84 valence electrons. The van der Waals surface area contributed by atoms with Gasteiger partial charge in [0.05, 0.1) is 0 Å². The molecule has 1 atom stereocenters. The Morgan fingerprint density at radius 1 is 1.38 bits per heavy atom. The standard InChI is InChI=1S/C12H12F2N2/c1-2-9(12-15-5-6-16-12)10-7-8(13)3-4-11(10)14/h3-7,9H,2H2,1H3,(H,15,16). The largest absolute Gasteiger partial charge is 0.348 e. The summed E-state index contributed by atoms with van der Waals surface area (Å²) in [5, 5.41) is 0. The van der Waals surface area contributed by atoms with Gasteiger partial charge in [0.25, 0.3) is 0 Å². The molecule has 0 fully saturated rings. The van der Waals surface area contributed by atoms with Gasteiger partial charge in [-0.1, -0.05) is 6.92 Å². The summed E-state index contributed by atoms with van der Waals surface area (Å²) in [6.45, 7) is 1.91. The van der Waals surface area contributed by atoms with Crippen molar-refractivity contribution >= 4 is 0 Å². The number of benzene rings is 1. The van der Waals surface area contributed by atoms with E-state index in [2.05, 4.69) is 9.97 Å². The molecule has 0 saturated carbocycles. The number of H-pyrrole nitrogens is 1. The predicted molar refractivity (Wildman–Crippen MR) is 57.1 cm³/mol. The Balaban J connectivity index is 2.44. The van der Waals surface area contributed by atoms with E-state index >= 15 is 0 Å². The first-order valence-corrected chi connectivity index (χ1v) is 5.16. The first-order valence-electron chi connectivity index (χ1n) is 5.16. The van der Waals surface area contributed by atoms with Gasteiger partial charge in [0.15, 0.2) is 0 Å². The molecule has 0 aliphatic heterocycles. The van der Waals surface area contributed by atoms with E-state index in [0.717, 1.165) is 12.1 Å². The van der Waals surface area contributed by atoms with Crippen LogP contribution in [0.2, 0.25) is 0 Å². The number of imidazole rings is 1. The van der Waals surface area contributed by atoms with Crippen LogP contribution in [0.4, 0.5) is 8.78 Å². The van der Waals surface area contributed by atoms with Crippen LogP contribution in [-0.4, -0.2) is 9.97 Å². The molecule has 0 aliphatic rings. The molecule has 0 aliphatic carbocycles. The van der Waals surface area contributed by atoms with Gasteiger partial charge >= 0.3 is 0 Å². The molecular weight excluding hydrogens is 210 g/mol. The molecular formula is C12H12F2N2. The van der Waals surface area contributed by atoms with Crippen LogP contribution in [0.1, 0.15) is 30.7 Å². The normalized spacial score (nSPS) is 12.7. The Hall–Kier alpha value is -1.71. The Kier molecular flexibility index (Phi) is 2.99. The molecule has 4 heteroatoms. The fourth-order valence-corrected chi connectivity index (χ4v) is 1.81. The first-order chi connectivity index (χ1) is 7.72. The Bertz CT molecular complexity index is 466. The summed E-state index contributed by atoms with van der Waals surface area (Å²) in [6, 6.07) is 3.50. The van der Waals surface area contributed by atoms with E-state index in [4.69, 9.17) is 0 Å². The summed E-state index contributed by atoms with van der Waals surface area (Å²) >= 11 is 0. The number of halogens is 2. The molecule has 16 heavy (non-hydrogen) atoms. The second-order valence-electron chi connectivity index (χ2n) is 3.60. The summed E-state index contributed by atoms with van der Waals surface area (Å²) in [5.41, 5.74) is 0.345. The zero-order valence-corrected chi connectivity index (χ0v) is 8.87. The van der Waals surface area contributed by atoms with Crippen LogP contribution in [0.3, 0.4) is 0 Å². The second kappa shape index (κ2) is 4.43. The van der Waals surface area contributed by atoms with Gasteiger partial charge in [-0.3, -0.25) is 0 Å². The highest BCUT2D eigenvalue weighted by molar-refractivity contribution is 5.27. The molecule has 1 unspecified atom stereocenters. The van der Waals surface area contributed by atoms with Crippen molar-refractivity contribution in [2.24, 2.45) is 0 Å². The van der Waals surface area contributed by atoms with Gasteiger partial charge in [0.1, 0.15) is 17.5 Å². The summed E-state index contributed by atoms with van der Waals surface area (Å²) in [4.78, 5) is 7.02. The van der Waals surface area contributed by atoms with Crippen LogP contribution >= 0.6 is 0 Å². The number of hydrogen-bond donors (Lipinski definition) is 1. The van der Waals surface area contributed by atoms with Gasteiger partial charge in [-0.15, -0.1) is 0 Å². The lowest BCUT2D eigenvalue weighted by atomic mass is 9.95. The van der Waals surface area contributed by atoms with Gasteiger partial charge in [0, 0.05) is 23.9 Å². The van der Waals surface area contributed by atoms with Crippen molar-refractivity contribution in [1.29, 1.82) is 0 Å². The minimum Gasteiger partial charge on any atom is -0.348 e. The molecule has 1 aromatic heterocycles. The molecule has 0 spiro atoms. The van der Waals surface area contributed by atoms with Crippen molar-refractivity contribution in [1.82, 2.24) is 9.97 Å². The van der Waals surface area contributed by atoms with E-state index in [9.17, 15) is 8.78 Å². The van der Waals surface area contributed by atoms with Crippen LogP contribution in [0, 0.1) is 11.6 Å². The average molecular weight is 222 g/mol. The third kappa shape index (κ3) is 1.96. The average Bonchev–Trinajstić information content (AvgIpc) is 2.78. The lowest BCUT2D eigenvalue weighted by Gasteiger charge is -2.13. The third-order valence-electron chi connectivity index (χ3n) is 2.59. The molecule has 1 aromatic carbocycles. The fourth-order valence-electron chi connectivity index (χ4n) is 1.81. The highest BCUT2D eigenvalue weighted by Gasteiger charge is 2.18. The van der Waals surface area contributed by atoms with Gasteiger partial charge < -0.3 is 4.98 Å².